The summed E-state index contributed by atoms with van der Waals surface area (Å²) in [5, 5.41) is 50.4. The van der Waals surface area contributed by atoms with Crippen LogP contribution >= 0.6 is 0 Å². The summed E-state index contributed by atoms with van der Waals surface area (Å²) in [5.41, 5.74) is -0.761. The molecule has 2 heterocycles. The number of carbonyl (C=O) groups is 3. The highest BCUT2D eigenvalue weighted by atomic mass is 16.5. The number of aromatic hydroxyl groups is 2. The third-order valence-corrected chi connectivity index (χ3v) is 6.68. The molecule has 10 nitrogen and oxygen atoms in total. The number of amides is 1. The predicted molar refractivity (Wildman–Crippen MR) is 122 cm³/mol. The largest absolute Gasteiger partial charge is 0.508 e. The van der Waals surface area contributed by atoms with Gasteiger partial charge in [0.05, 0.1) is 18.2 Å². The van der Waals surface area contributed by atoms with Crippen LogP contribution in [0.4, 0.5) is 0 Å². The van der Waals surface area contributed by atoms with E-state index in [1.807, 2.05) is 0 Å². The molecule has 184 valence electrons. The Morgan fingerprint density at radius 1 is 1.23 bits per heavy atom. The molecule has 2 aromatic carbocycles. The van der Waals surface area contributed by atoms with Gasteiger partial charge in [-0.25, -0.2) is 9.59 Å². The number of hydrogen-bond acceptors (Lipinski definition) is 7. The van der Waals surface area contributed by atoms with Gasteiger partial charge in [-0.2, -0.15) is 0 Å². The summed E-state index contributed by atoms with van der Waals surface area (Å²) in [6.07, 6.45) is 1.84. The number of carboxylic acids is 2. The first-order valence-electron chi connectivity index (χ1n) is 10.9. The molecule has 2 aliphatic rings. The molecule has 0 fully saturated rings. The van der Waals surface area contributed by atoms with Crippen molar-refractivity contribution in [1.82, 2.24) is 4.90 Å². The molecule has 2 aromatic rings. The van der Waals surface area contributed by atoms with Crippen molar-refractivity contribution in [2.24, 2.45) is 0 Å². The summed E-state index contributed by atoms with van der Waals surface area (Å²) >= 11 is 0. The lowest BCUT2D eigenvalue weighted by Gasteiger charge is -2.40. The van der Waals surface area contributed by atoms with Crippen LogP contribution in [0.1, 0.15) is 63.2 Å². The maximum atomic E-state index is 13.3. The molecule has 0 saturated heterocycles. The molecule has 2 aliphatic heterocycles. The number of aromatic carboxylic acids is 1. The Kier molecular flexibility index (Phi) is 5.93. The highest BCUT2D eigenvalue weighted by molar-refractivity contribution is 6.02. The minimum Gasteiger partial charge on any atom is -0.508 e. The molecule has 0 aliphatic carbocycles. The lowest BCUT2D eigenvalue weighted by Crippen LogP contribution is -2.49. The number of carbonyl (C=O) groups excluding carboxylic acids is 1. The number of ether oxygens (including phenoxy) is 1. The van der Waals surface area contributed by atoms with Crippen LogP contribution in [-0.4, -0.2) is 60.0 Å². The van der Waals surface area contributed by atoms with Crippen molar-refractivity contribution in [2.75, 3.05) is 0 Å². The lowest BCUT2D eigenvalue weighted by atomic mass is 9.84. The van der Waals surface area contributed by atoms with Gasteiger partial charge in [0, 0.05) is 17.5 Å². The zero-order valence-corrected chi connectivity index (χ0v) is 18.9. The fourth-order valence-electron chi connectivity index (χ4n) is 4.67. The number of rotatable bonds is 7. The summed E-state index contributed by atoms with van der Waals surface area (Å²) in [6, 6.07) is 2.98. The zero-order valence-electron chi connectivity index (χ0n) is 18.9. The fourth-order valence-corrected chi connectivity index (χ4v) is 4.67. The number of aliphatic carboxylic acids is 1. The van der Waals surface area contributed by atoms with E-state index >= 15 is 0 Å². The van der Waals surface area contributed by atoms with Crippen LogP contribution in [0.15, 0.2) is 36.9 Å². The first kappa shape index (κ1) is 24.1. The monoisotopic (exact) mass is 483 g/mol. The van der Waals surface area contributed by atoms with Gasteiger partial charge in [0.1, 0.15) is 28.4 Å². The van der Waals surface area contributed by atoms with Crippen LogP contribution in [0.5, 0.6) is 17.2 Å². The maximum Gasteiger partial charge on any atom is 0.339 e. The second kappa shape index (κ2) is 8.62. The molecule has 35 heavy (non-hydrogen) atoms. The van der Waals surface area contributed by atoms with Crippen LogP contribution < -0.4 is 4.74 Å². The van der Waals surface area contributed by atoms with Crippen LogP contribution in [-0.2, 0) is 17.8 Å². The molecule has 3 unspecified atom stereocenters. The molecule has 0 radical (unpaired) electrons. The molecule has 4 rings (SSSR count). The number of fused-ring (bicyclic) bond motifs is 3. The number of carboxylic acid groups (broad SMARTS) is 2. The van der Waals surface area contributed by atoms with Crippen molar-refractivity contribution >= 4 is 17.8 Å². The van der Waals surface area contributed by atoms with E-state index in [2.05, 4.69) is 6.58 Å². The Hall–Kier alpha value is -4.05. The number of benzene rings is 2. The molecule has 0 bridgehead atoms. The van der Waals surface area contributed by atoms with Crippen LogP contribution in [0.2, 0.25) is 0 Å². The Labute approximate surface area is 200 Å². The van der Waals surface area contributed by atoms with E-state index in [-0.39, 0.29) is 35.6 Å². The average molecular weight is 483 g/mol. The Morgan fingerprint density at radius 3 is 2.57 bits per heavy atom. The van der Waals surface area contributed by atoms with Crippen molar-refractivity contribution < 1.29 is 44.7 Å². The minimum atomic E-state index is -1.56. The average Bonchev–Trinajstić information content (AvgIpc) is 3.11. The smallest absolute Gasteiger partial charge is 0.339 e. The predicted octanol–water partition coefficient (Wildman–Crippen LogP) is 2.60. The molecular formula is C25H25NO9. The van der Waals surface area contributed by atoms with E-state index < -0.39 is 46.9 Å². The topological polar surface area (TPSA) is 165 Å². The summed E-state index contributed by atoms with van der Waals surface area (Å²) in [4.78, 5) is 38.0. The third-order valence-electron chi connectivity index (χ3n) is 6.68. The van der Waals surface area contributed by atoms with Gasteiger partial charge in [-0.1, -0.05) is 12.1 Å². The standard InChI is InChI=1S/C25H25NO9/c1-3-4-7-25(2)19(29)10-14-18(28)9-13-16(21(14)35-25)11-26(22(13)30)20(24(33)34)12-5-6-17(27)15(8-12)23(31)32/h3,5-6,8-9,19-20,27-29H,1,4,7,10-11H2,2H3,(H,31,32)(H,33,34). The molecule has 0 spiro atoms. The molecule has 5 N–H and O–H groups in total. The van der Waals surface area contributed by atoms with Gasteiger partial charge in [0.15, 0.2) is 6.04 Å². The van der Waals surface area contributed by atoms with Crippen molar-refractivity contribution in [1.29, 1.82) is 0 Å². The maximum absolute atomic E-state index is 13.3. The van der Waals surface area contributed by atoms with Gasteiger partial charge in [0.25, 0.3) is 5.91 Å². The highest BCUT2D eigenvalue weighted by Gasteiger charge is 2.46. The van der Waals surface area contributed by atoms with E-state index in [0.717, 1.165) is 17.0 Å². The van der Waals surface area contributed by atoms with E-state index in [1.165, 1.54) is 12.1 Å². The fraction of sp³-hybridized carbons (Fsp3) is 0.320. The van der Waals surface area contributed by atoms with Gasteiger partial charge in [-0.15, -0.1) is 6.58 Å². The lowest BCUT2D eigenvalue weighted by molar-refractivity contribution is -0.142. The van der Waals surface area contributed by atoms with E-state index in [9.17, 15) is 39.9 Å². The minimum absolute atomic E-state index is 0.0147. The van der Waals surface area contributed by atoms with Crippen LogP contribution in [0.3, 0.4) is 0 Å². The normalized spacial score (nSPS) is 21.6. The van der Waals surface area contributed by atoms with Crippen molar-refractivity contribution in [2.45, 2.75) is 50.5 Å². The first-order valence-corrected chi connectivity index (χ1v) is 10.9. The van der Waals surface area contributed by atoms with Gasteiger partial charge >= 0.3 is 11.9 Å². The second-order valence-electron chi connectivity index (χ2n) is 8.95. The Morgan fingerprint density at radius 2 is 1.94 bits per heavy atom. The Balaban J connectivity index is 1.77. The van der Waals surface area contributed by atoms with Gasteiger partial charge in [0.2, 0.25) is 0 Å². The van der Waals surface area contributed by atoms with Gasteiger partial charge < -0.3 is 35.2 Å². The number of hydrogen-bond donors (Lipinski definition) is 5. The second-order valence-corrected chi connectivity index (χ2v) is 8.95. The molecule has 0 aromatic heterocycles. The SMILES string of the molecule is C=CCCC1(C)Oc2c(c(O)cc3c2CN(C(C(=O)O)c2ccc(O)c(C(=O)O)c2)C3=O)CC1O. The van der Waals surface area contributed by atoms with Crippen molar-refractivity contribution in [3.63, 3.8) is 0 Å². The van der Waals surface area contributed by atoms with E-state index in [0.29, 0.717) is 24.0 Å². The molecular weight excluding hydrogens is 458 g/mol. The third kappa shape index (κ3) is 3.95. The van der Waals surface area contributed by atoms with Crippen molar-refractivity contribution in [3.8, 4) is 17.2 Å². The van der Waals surface area contributed by atoms with Gasteiger partial charge in [-0.3, -0.25) is 4.79 Å². The summed E-state index contributed by atoms with van der Waals surface area (Å²) < 4.78 is 6.17. The quantitative estimate of drug-likeness (QED) is 0.372. The number of phenols is 2. The van der Waals surface area contributed by atoms with E-state index in [4.69, 9.17) is 4.74 Å². The van der Waals surface area contributed by atoms with Gasteiger partial charge in [-0.05, 0) is 43.5 Å². The number of allylic oxidation sites excluding steroid dienone is 1. The molecule has 10 heteroatoms. The van der Waals surface area contributed by atoms with Crippen LogP contribution in [0.25, 0.3) is 0 Å². The first-order chi connectivity index (χ1) is 16.5. The van der Waals surface area contributed by atoms with Crippen LogP contribution in [0, 0.1) is 0 Å². The molecule has 0 saturated carbocycles. The van der Waals surface area contributed by atoms with E-state index in [1.54, 1.807) is 13.0 Å². The highest BCUT2D eigenvalue weighted by Crippen LogP contribution is 2.47. The number of nitrogens with zero attached hydrogens (tertiary/aromatic N) is 1. The number of aliphatic hydroxyl groups excluding tert-OH is 1. The summed E-state index contributed by atoms with van der Waals surface area (Å²) in [6.45, 7) is 5.23. The summed E-state index contributed by atoms with van der Waals surface area (Å²) in [5.74, 6) is -4.09. The molecule has 3 atom stereocenters. The Bertz CT molecular complexity index is 1250. The summed E-state index contributed by atoms with van der Waals surface area (Å²) in [7, 11) is 0. The number of phenolic OH excluding ortho intramolecular Hbond substituents is 1. The molecule has 1 amide bonds. The van der Waals surface area contributed by atoms with Crippen molar-refractivity contribution in [3.05, 3.63) is 64.7 Å². The zero-order chi connectivity index (χ0) is 25.7. The number of aliphatic hydroxyl groups is 1.